The molecule has 0 aliphatic heterocycles. The zero-order chi connectivity index (χ0) is 19.2. The molecule has 0 spiro atoms. The van der Waals surface area contributed by atoms with Gasteiger partial charge >= 0.3 is 8.80 Å². The van der Waals surface area contributed by atoms with E-state index < -0.39 is 8.80 Å². The fraction of sp³-hybridized carbons (Fsp3) is 0.875. The molecular weight excluding hydrogens is 328 g/mol. The molecule has 0 aromatic rings. The monoisotopic (exact) mass is 362 g/mol. The zero-order valence-electron chi connectivity index (χ0n) is 16.7. The minimum Gasteiger partial charge on any atom is -0.377 e. The highest BCUT2D eigenvalue weighted by Crippen LogP contribution is 2.31. The molecule has 0 saturated carbocycles. The summed E-state index contributed by atoms with van der Waals surface area (Å²) >= 11 is 0. The van der Waals surface area contributed by atoms with Crippen LogP contribution in [0.4, 0.5) is 0 Å². The molecule has 7 nitrogen and oxygen atoms in total. The van der Waals surface area contributed by atoms with Gasteiger partial charge in [-0.05, 0) is 20.8 Å². The molecule has 0 aromatic heterocycles. The van der Waals surface area contributed by atoms with E-state index in [0.717, 1.165) is 0 Å². The summed E-state index contributed by atoms with van der Waals surface area (Å²) in [5.41, 5.74) is -0.126. The van der Waals surface area contributed by atoms with Gasteiger partial charge in [-0.1, -0.05) is 6.92 Å². The molecule has 0 saturated heterocycles. The second-order valence-electron chi connectivity index (χ2n) is 6.28. The Bertz CT molecular complexity index is 422. The number of carbonyl (C=O) groups is 2. The van der Waals surface area contributed by atoms with Crippen molar-refractivity contribution in [3.05, 3.63) is 0 Å². The van der Waals surface area contributed by atoms with Gasteiger partial charge in [0.25, 0.3) is 0 Å². The van der Waals surface area contributed by atoms with Crippen molar-refractivity contribution in [1.82, 2.24) is 9.80 Å². The average Bonchev–Trinajstić information content (AvgIpc) is 2.54. The number of nitrogens with zero attached hydrogens (tertiary/aromatic N) is 2. The third kappa shape index (κ3) is 4.78. The largest absolute Gasteiger partial charge is 0.505 e. The Kier molecular flexibility index (Phi) is 9.12. The highest BCUT2D eigenvalue weighted by Gasteiger charge is 2.49. The Morgan fingerprint density at radius 1 is 0.792 bits per heavy atom. The van der Waals surface area contributed by atoms with Crippen LogP contribution in [0.2, 0.25) is 5.54 Å². The van der Waals surface area contributed by atoms with Crippen LogP contribution in [0.25, 0.3) is 0 Å². The molecule has 0 radical (unpaired) electrons. The molecule has 0 aliphatic rings. The summed E-state index contributed by atoms with van der Waals surface area (Å²) in [4.78, 5) is 27.4. The van der Waals surface area contributed by atoms with E-state index in [1.165, 1.54) is 13.8 Å². The first-order valence-electron chi connectivity index (χ1n) is 8.18. The van der Waals surface area contributed by atoms with Crippen molar-refractivity contribution in [2.45, 2.75) is 65.2 Å². The molecule has 0 heterocycles. The molecule has 4 atom stereocenters. The van der Waals surface area contributed by atoms with E-state index in [9.17, 15) is 9.59 Å². The first kappa shape index (κ1) is 23.0. The molecule has 142 valence electrons. The minimum absolute atomic E-state index is 0.0343. The minimum atomic E-state index is -2.90. The first-order valence-corrected chi connectivity index (χ1v) is 9.98. The summed E-state index contributed by atoms with van der Waals surface area (Å²) in [6, 6.07) is -0.456. The van der Waals surface area contributed by atoms with E-state index in [1.807, 2.05) is 27.7 Å². The molecule has 0 aromatic carbocycles. The molecule has 0 bridgehead atoms. The summed E-state index contributed by atoms with van der Waals surface area (Å²) in [5, 5.41) is 0. The van der Waals surface area contributed by atoms with Gasteiger partial charge < -0.3 is 23.1 Å². The third-order valence-corrected chi connectivity index (χ3v) is 8.49. The maximum atomic E-state index is 12.3. The van der Waals surface area contributed by atoms with Crippen molar-refractivity contribution in [2.24, 2.45) is 0 Å². The second-order valence-corrected chi connectivity index (χ2v) is 9.63. The Balaban J connectivity index is 5.59. The van der Waals surface area contributed by atoms with E-state index in [0.29, 0.717) is 0 Å². The van der Waals surface area contributed by atoms with E-state index in [1.54, 1.807) is 38.2 Å². The van der Waals surface area contributed by atoms with Crippen LogP contribution in [0.5, 0.6) is 0 Å². The normalized spacial score (nSPS) is 16.9. The summed E-state index contributed by atoms with van der Waals surface area (Å²) in [5.74, 6) is -0.0928. The fourth-order valence-corrected chi connectivity index (χ4v) is 5.50. The lowest BCUT2D eigenvalue weighted by Gasteiger charge is -2.44. The Hall–Kier alpha value is -0.963. The molecule has 8 heteroatoms. The lowest BCUT2D eigenvalue weighted by Crippen LogP contribution is -2.59. The Morgan fingerprint density at radius 3 is 1.50 bits per heavy atom. The summed E-state index contributed by atoms with van der Waals surface area (Å²) in [6.45, 7) is 10.9. The quantitative estimate of drug-likeness (QED) is 0.585. The molecule has 0 N–H and O–H groups in total. The summed E-state index contributed by atoms with van der Waals surface area (Å²) < 4.78 is 16.7. The zero-order valence-corrected chi connectivity index (χ0v) is 17.7. The van der Waals surface area contributed by atoms with Gasteiger partial charge in [-0.25, -0.2) is 0 Å². The van der Waals surface area contributed by atoms with Gasteiger partial charge in [0.05, 0.1) is 0 Å². The molecule has 0 fully saturated rings. The van der Waals surface area contributed by atoms with Crippen LogP contribution in [0.3, 0.4) is 0 Å². The Labute approximate surface area is 147 Å². The highest BCUT2D eigenvalue weighted by molar-refractivity contribution is 6.62. The molecular formula is C16H34N2O5Si. The second kappa shape index (κ2) is 9.50. The number of carbonyl (C=O) groups excluding carboxylic acids is 2. The first-order chi connectivity index (χ1) is 11.0. The van der Waals surface area contributed by atoms with Crippen LogP contribution in [0.1, 0.15) is 41.5 Å². The van der Waals surface area contributed by atoms with E-state index in [-0.39, 0.29) is 35.5 Å². The van der Waals surface area contributed by atoms with Gasteiger partial charge in [-0.15, -0.1) is 0 Å². The van der Waals surface area contributed by atoms with E-state index in [2.05, 4.69) is 0 Å². The number of hydrogen-bond acceptors (Lipinski definition) is 5. The standard InChI is InChI=1S/C16H34N2O5Si/c1-11(17(7)15(5)19)12(2)18(16(6)20)13(3)14(4)24(21-8,22-9)23-10/h11-14H,1-10H3. The van der Waals surface area contributed by atoms with Crippen molar-refractivity contribution in [2.75, 3.05) is 28.4 Å². The maximum Gasteiger partial charge on any atom is 0.505 e. The predicted octanol–water partition coefficient (Wildman–Crippen LogP) is 1.75. The maximum absolute atomic E-state index is 12.3. The van der Waals surface area contributed by atoms with Crippen molar-refractivity contribution < 1.29 is 22.9 Å². The van der Waals surface area contributed by atoms with E-state index in [4.69, 9.17) is 13.3 Å². The molecule has 0 aliphatic carbocycles. The number of likely N-dealkylation sites (N-methyl/N-ethyl adjacent to an activating group) is 1. The van der Waals surface area contributed by atoms with Crippen molar-refractivity contribution in [3.8, 4) is 0 Å². The van der Waals surface area contributed by atoms with Gasteiger partial charge in [0.1, 0.15) is 0 Å². The summed E-state index contributed by atoms with van der Waals surface area (Å²) in [7, 11) is 3.54. The third-order valence-electron chi connectivity index (χ3n) is 5.18. The van der Waals surface area contributed by atoms with Gasteiger partial charge in [-0.3, -0.25) is 9.59 Å². The van der Waals surface area contributed by atoms with Crippen molar-refractivity contribution in [1.29, 1.82) is 0 Å². The van der Waals surface area contributed by atoms with Crippen LogP contribution >= 0.6 is 0 Å². The lowest BCUT2D eigenvalue weighted by atomic mass is 10.0. The van der Waals surface area contributed by atoms with Gasteiger partial charge in [0.2, 0.25) is 11.8 Å². The molecule has 24 heavy (non-hydrogen) atoms. The number of hydrogen-bond donors (Lipinski definition) is 0. The highest BCUT2D eigenvalue weighted by atomic mass is 28.4. The van der Waals surface area contributed by atoms with Crippen LogP contribution in [-0.4, -0.2) is 76.9 Å². The van der Waals surface area contributed by atoms with Crippen LogP contribution < -0.4 is 0 Å². The number of amides is 2. The smallest absolute Gasteiger partial charge is 0.377 e. The predicted molar refractivity (Wildman–Crippen MR) is 95.6 cm³/mol. The van der Waals surface area contributed by atoms with E-state index >= 15 is 0 Å². The van der Waals surface area contributed by atoms with Crippen molar-refractivity contribution in [3.63, 3.8) is 0 Å². The molecule has 0 rings (SSSR count). The number of rotatable bonds is 9. The van der Waals surface area contributed by atoms with Crippen LogP contribution in [0, 0.1) is 0 Å². The average molecular weight is 363 g/mol. The van der Waals surface area contributed by atoms with Crippen molar-refractivity contribution >= 4 is 20.6 Å². The summed E-state index contributed by atoms with van der Waals surface area (Å²) in [6.07, 6.45) is 0. The SMILES string of the molecule is CO[Si](OC)(OC)C(C)C(C)N(C(C)=O)C(C)C(C)N(C)C(C)=O. The van der Waals surface area contributed by atoms with Crippen LogP contribution in [-0.2, 0) is 22.9 Å². The Morgan fingerprint density at radius 2 is 1.21 bits per heavy atom. The fourth-order valence-electron chi connectivity index (χ4n) is 3.13. The van der Waals surface area contributed by atoms with Gasteiger partial charge in [-0.2, -0.15) is 0 Å². The van der Waals surface area contributed by atoms with Gasteiger partial charge in [0.15, 0.2) is 0 Å². The van der Waals surface area contributed by atoms with Crippen LogP contribution in [0.15, 0.2) is 0 Å². The topological polar surface area (TPSA) is 68.3 Å². The van der Waals surface area contributed by atoms with Gasteiger partial charge in [0, 0.05) is 65.9 Å². The molecule has 2 amide bonds. The molecule has 4 unspecified atom stereocenters. The lowest BCUT2D eigenvalue weighted by molar-refractivity contribution is -0.139.